The number of benzene rings is 1. The van der Waals surface area contributed by atoms with Gasteiger partial charge in [0.25, 0.3) is 5.91 Å². The second-order valence-electron chi connectivity index (χ2n) is 6.07. The summed E-state index contributed by atoms with van der Waals surface area (Å²) < 4.78 is 1.83. The predicted octanol–water partition coefficient (Wildman–Crippen LogP) is 2.23. The van der Waals surface area contributed by atoms with Gasteiger partial charge in [-0.1, -0.05) is 12.1 Å². The summed E-state index contributed by atoms with van der Waals surface area (Å²) in [4.78, 5) is 16.2. The Morgan fingerprint density at radius 3 is 2.60 bits per heavy atom. The molecule has 3 rings (SSSR count). The van der Waals surface area contributed by atoms with Gasteiger partial charge in [0.1, 0.15) is 5.70 Å². The molecular weight excluding hydrogens is 334 g/mol. The van der Waals surface area contributed by atoms with Crippen LogP contribution in [-0.2, 0) is 17.9 Å². The molecule has 0 saturated carbocycles. The molecule has 1 amide bonds. The van der Waals surface area contributed by atoms with Gasteiger partial charge in [-0.15, -0.1) is 0 Å². The quantitative estimate of drug-likeness (QED) is 0.658. The highest BCUT2D eigenvalue weighted by Gasteiger charge is 2.30. The zero-order valence-corrected chi connectivity index (χ0v) is 15.4. The van der Waals surface area contributed by atoms with Gasteiger partial charge in [-0.25, -0.2) is 0 Å². The molecule has 1 aromatic carbocycles. The average Bonchev–Trinajstić information content (AvgIpc) is 3.16. The first kappa shape index (κ1) is 17.2. The zero-order valence-electron chi connectivity index (χ0n) is 14.6. The van der Waals surface area contributed by atoms with Crippen LogP contribution in [-0.4, -0.2) is 39.8 Å². The van der Waals surface area contributed by atoms with Crippen LogP contribution < -0.4 is 10.2 Å². The molecule has 0 radical (unpaired) electrons. The number of thiocarbonyl (C=S) groups is 1. The van der Waals surface area contributed by atoms with Crippen molar-refractivity contribution >= 4 is 35.0 Å². The topological polar surface area (TPSA) is 53.4 Å². The summed E-state index contributed by atoms with van der Waals surface area (Å²) >= 11 is 5.32. The summed E-state index contributed by atoms with van der Waals surface area (Å²) in [6.45, 7) is 3.23. The van der Waals surface area contributed by atoms with Gasteiger partial charge in [-0.3, -0.25) is 14.4 Å². The van der Waals surface area contributed by atoms with Crippen LogP contribution in [0.2, 0.25) is 0 Å². The highest BCUT2D eigenvalue weighted by Crippen LogP contribution is 2.19. The van der Waals surface area contributed by atoms with Gasteiger partial charge in [-0.2, -0.15) is 5.10 Å². The van der Waals surface area contributed by atoms with Crippen molar-refractivity contribution in [1.82, 2.24) is 20.0 Å². The van der Waals surface area contributed by atoms with Gasteiger partial charge < -0.3 is 10.2 Å². The van der Waals surface area contributed by atoms with E-state index in [0.717, 1.165) is 23.4 Å². The lowest BCUT2D eigenvalue weighted by molar-refractivity contribution is -0.122. The second-order valence-corrected chi connectivity index (χ2v) is 6.46. The minimum absolute atomic E-state index is 0.120. The fourth-order valence-corrected chi connectivity index (χ4v) is 2.85. The maximum absolute atomic E-state index is 12.6. The summed E-state index contributed by atoms with van der Waals surface area (Å²) in [6.07, 6.45) is 5.52. The van der Waals surface area contributed by atoms with Crippen LogP contribution in [0, 0.1) is 0 Å². The van der Waals surface area contributed by atoms with Gasteiger partial charge >= 0.3 is 0 Å². The van der Waals surface area contributed by atoms with Crippen LogP contribution in [0.15, 0.2) is 42.4 Å². The van der Waals surface area contributed by atoms with Crippen LogP contribution >= 0.6 is 12.2 Å². The number of nitrogens with one attached hydrogen (secondary N) is 1. The van der Waals surface area contributed by atoms with Crippen LogP contribution in [0.3, 0.4) is 0 Å². The minimum atomic E-state index is -0.120. The van der Waals surface area contributed by atoms with Crippen molar-refractivity contribution in [2.45, 2.75) is 20.0 Å². The van der Waals surface area contributed by atoms with Crippen LogP contribution in [0.5, 0.6) is 0 Å². The Bertz CT molecular complexity index is 822. The molecule has 0 aliphatic carbocycles. The van der Waals surface area contributed by atoms with Gasteiger partial charge in [0.15, 0.2) is 5.11 Å². The Balaban J connectivity index is 1.75. The number of carbonyl (C=O) groups is 1. The molecule has 1 N–H and O–H groups in total. The lowest BCUT2D eigenvalue weighted by Gasteiger charge is -2.12. The fourth-order valence-electron chi connectivity index (χ4n) is 2.59. The molecule has 25 heavy (non-hydrogen) atoms. The Morgan fingerprint density at radius 1 is 1.28 bits per heavy atom. The monoisotopic (exact) mass is 355 g/mol. The molecule has 6 nitrogen and oxygen atoms in total. The molecule has 0 spiro atoms. The first-order valence-electron chi connectivity index (χ1n) is 8.11. The largest absolute Gasteiger partial charge is 0.378 e. The van der Waals surface area contributed by atoms with Gasteiger partial charge in [0.05, 0.1) is 12.7 Å². The van der Waals surface area contributed by atoms with E-state index in [1.165, 1.54) is 0 Å². The van der Waals surface area contributed by atoms with E-state index in [2.05, 4.69) is 10.4 Å². The molecule has 2 heterocycles. The van der Waals surface area contributed by atoms with Crippen molar-refractivity contribution in [3.8, 4) is 0 Å². The van der Waals surface area contributed by atoms with E-state index in [4.69, 9.17) is 12.2 Å². The SMILES string of the molecule is CCn1cc(CN2C(=O)/C(=C\c3ccc(N(C)C)cc3)NC2=S)cn1. The van der Waals surface area contributed by atoms with E-state index >= 15 is 0 Å². The summed E-state index contributed by atoms with van der Waals surface area (Å²) in [5.41, 5.74) is 3.50. The number of aromatic nitrogens is 2. The lowest BCUT2D eigenvalue weighted by atomic mass is 10.1. The predicted molar refractivity (Wildman–Crippen MR) is 103 cm³/mol. The highest BCUT2D eigenvalue weighted by atomic mass is 32.1. The van der Waals surface area contributed by atoms with Crippen LogP contribution in [0.1, 0.15) is 18.1 Å². The molecule has 1 aliphatic rings. The number of carbonyl (C=O) groups excluding carboxylic acids is 1. The first-order valence-corrected chi connectivity index (χ1v) is 8.52. The lowest BCUT2D eigenvalue weighted by Crippen LogP contribution is -2.29. The van der Waals surface area contributed by atoms with E-state index in [0.29, 0.717) is 17.4 Å². The van der Waals surface area contributed by atoms with Gasteiger partial charge in [0, 0.05) is 38.1 Å². The van der Waals surface area contributed by atoms with Gasteiger partial charge in [-0.05, 0) is 42.9 Å². The highest BCUT2D eigenvalue weighted by molar-refractivity contribution is 7.80. The minimum Gasteiger partial charge on any atom is -0.378 e. The van der Waals surface area contributed by atoms with E-state index in [1.54, 1.807) is 11.1 Å². The molecule has 0 atom stereocenters. The van der Waals surface area contributed by atoms with E-state index in [1.807, 2.05) is 67.1 Å². The number of anilines is 1. The number of hydrogen-bond acceptors (Lipinski definition) is 4. The number of amides is 1. The number of aryl methyl sites for hydroxylation is 1. The first-order chi connectivity index (χ1) is 12.0. The van der Waals surface area contributed by atoms with Crippen LogP contribution in [0.4, 0.5) is 5.69 Å². The van der Waals surface area contributed by atoms with Crippen molar-refractivity contribution in [2.24, 2.45) is 0 Å². The van der Waals surface area contributed by atoms with Crippen molar-refractivity contribution in [3.05, 3.63) is 53.5 Å². The fraction of sp³-hybridized carbons (Fsp3) is 0.278. The van der Waals surface area contributed by atoms with E-state index in [9.17, 15) is 4.79 Å². The molecule has 0 bridgehead atoms. The summed E-state index contributed by atoms with van der Waals surface area (Å²) in [7, 11) is 3.99. The normalized spacial score (nSPS) is 15.8. The van der Waals surface area contributed by atoms with E-state index in [-0.39, 0.29) is 5.91 Å². The van der Waals surface area contributed by atoms with Crippen LogP contribution in [0.25, 0.3) is 6.08 Å². The zero-order chi connectivity index (χ0) is 18.0. The van der Waals surface area contributed by atoms with Crippen molar-refractivity contribution < 1.29 is 4.79 Å². The average molecular weight is 355 g/mol. The third-order valence-electron chi connectivity index (χ3n) is 4.03. The molecule has 1 fully saturated rings. The third-order valence-corrected chi connectivity index (χ3v) is 4.36. The smallest absolute Gasteiger partial charge is 0.276 e. The molecule has 0 unspecified atom stereocenters. The summed E-state index contributed by atoms with van der Waals surface area (Å²) in [5, 5.41) is 7.67. The standard InChI is InChI=1S/C18H21N5OS/c1-4-22-11-14(10-19-22)12-23-17(24)16(20-18(23)25)9-13-5-7-15(8-6-13)21(2)3/h5-11H,4,12H2,1-3H3,(H,20,25)/b16-9+. The van der Waals surface area contributed by atoms with Crippen molar-refractivity contribution in [1.29, 1.82) is 0 Å². The maximum Gasteiger partial charge on any atom is 0.276 e. The summed E-state index contributed by atoms with van der Waals surface area (Å²) in [5.74, 6) is -0.120. The van der Waals surface area contributed by atoms with Crippen molar-refractivity contribution in [2.75, 3.05) is 19.0 Å². The Kier molecular flexibility index (Phi) is 4.85. The Labute approximate surface area is 152 Å². The molecular formula is C18H21N5OS. The molecule has 1 saturated heterocycles. The Morgan fingerprint density at radius 2 is 2.00 bits per heavy atom. The Hall–Kier alpha value is -2.67. The molecule has 7 heteroatoms. The number of nitrogens with zero attached hydrogens (tertiary/aromatic N) is 4. The second kappa shape index (κ2) is 7.06. The molecule has 130 valence electrons. The van der Waals surface area contributed by atoms with Crippen molar-refractivity contribution in [3.63, 3.8) is 0 Å². The third kappa shape index (κ3) is 3.71. The number of rotatable bonds is 5. The molecule has 2 aromatic rings. The van der Waals surface area contributed by atoms with E-state index < -0.39 is 0 Å². The number of hydrogen-bond donors (Lipinski definition) is 1. The summed E-state index contributed by atoms with van der Waals surface area (Å²) in [6, 6.07) is 7.99. The molecule has 1 aliphatic heterocycles. The van der Waals surface area contributed by atoms with Gasteiger partial charge in [0.2, 0.25) is 0 Å². The maximum atomic E-state index is 12.6. The molecule has 1 aromatic heterocycles.